The fourth-order valence-corrected chi connectivity index (χ4v) is 2.25. The highest BCUT2D eigenvalue weighted by molar-refractivity contribution is 6.32. The largest absolute Gasteiger partial charge is 0.320 e. The van der Waals surface area contributed by atoms with Crippen LogP contribution in [-0.4, -0.2) is 0 Å². The van der Waals surface area contributed by atoms with Crippen molar-refractivity contribution in [1.29, 1.82) is 0 Å². The Morgan fingerprint density at radius 3 is 2.05 bits per heavy atom. The molecule has 0 amide bonds. The molecule has 2 aromatic rings. The Morgan fingerprint density at radius 2 is 1.42 bits per heavy atom. The van der Waals surface area contributed by atoms with Crippen molar-refractivity contribution < 1.29 is 13.2 Å². The molecule has 0 aliphatic carbocycles. The van der Waals surface area contributed by atoms with Crippen molar-refractivity contribution >= 4 is 23.2 Å². The molecule has 19 heavy (non-hydrogen) atoms. The molecular weight excluding hydrogens is 298 g/mol. The normalized spacial score (nSPS) is 12.5. The van der Waals surface area contributed by atoms with Crippen LogP contribution >= 0.6 is 23.2 Å². The third kappa shape index (κ3) is 2.86. The van der Waals surface area contributed by atoms with Gasteiger partial charge in [0.2, 0.25) is 0 Å². The predicted molar refractivity (Wildman–Crippen MR) is 68.8 cm³/mol. The minimum absolute atomic E-state index is 0.0215. The van der Waals surface area contributed by atoms with E-state index in [9.17, 15) is 13.2 Å². The lowest BCUT2D eigenvalue weighted by molar-refractivity contribution is 0.506. The first-order valence-electron chi connectivity index (χ1n) is 5.25. The quantitative estimate of drug-likeness (QED) is 0.815. The second-order valence-corrected chi connectivity index (χ2v) is 4.75. The summed E-state index contributed by atoms with van der Waals surface area (Å²) in [5.74, 6) is -2.64. The highest BCUT2D eigenvalue weighted by Crippen LogP contribution is 2.32. The zero-order valence-electron chi connectivity index (χ0n) is 9.43. The van der Waals surface area contributed by atoms with Gasteiger partial charge in [0.15, 0.2) is 11.6 Å². The Kier molecular flexibility index (Phi) is 4.04. The molecule has 0 fully saturated rings. The summed E-state index contributed by atoms with van der Waals surface area (Å²) in [5.41, 5.74) is 6.45. The minimum atomic E-state index is -1.06. The van der Waals surface area contributed by atoms with Gasteiger partial charge in [-0.3, -0.25) is 0 Å². The van der Waals surface area contributed by atoms with Gasteiger partial charge >= 0.3 is 0 Å². The van der Waals surface area contributed by atoms with E-state index in [4.69, 9.17) is 28.9 Å². The lowest BCUT2D eigenvalue weighted by atomic mass is 9.99. The van der Waals surface area contributed by atoms with Crippen LogP contribution in [0.15, 0.2) is 30.3 Å². The zero-order chi connectivity index (χ0) is 14.2. The van der Waals surface area contributed by atoms with Gasteiger partial charge in [-0.1, -0.05) is 29.3 Å². The van der Waals surface area contributed by atoms with Crippen molar-refractivity contribution in [3.05, 3.63) is 69.0 Å². The summed E-state index contributed by atoms with van der Waals surface area (Å²) in [6, 6.07) is 4.50. The van der Waals surface area contributed by atoms with Crippen molar-refractivity contribution in [3.63, 3.8) is 0 Å². The maximum Gasteiger partial charge on any atom is 0.160 e. The first-order valence-corrected chi connectivity index (χ1v) is 6.00. The lowest BCUT2D eigenvalue weighted by Crippen LogP contribution is -2.14. The molecule has 2 N–H and O–H groups in total. The number of hydrogen-bond acceptors (Lipinski definition) is 1. The van der Waals surface area contributed by atoms with E-state index in [1.165, 1.54) is 12.1 Å². The van der Waals surface area contributed by atoms with E-state index in [0.29, 0.717) is 5.56 Å². The van der Waals surface area contributed by atoms with Gasteiger partial charge in [0.25, 0.3) is 0 Å². The second kappa shape index (κ2) is 5.41. The summed E-state index contributed by atoms with van der Waals surface area (Å²) in [4.78, 5) is 0. The molecule has 2 aromatic carbocycles. The Labute approximate surface area is 117 Å². The van der Waals surface area contributed by atoms with Gasteiger partial charge in [-0.2, -0.15) is 0 Å². The predicted octanol–water partition coefficient (Wildman–Crippen LogP) is 4.46. The van der Waals surface area contributed by atoms with Crippen LogP contribution in [0.5, 0.6) is 0 Å². The molecule has 1 atom stereocenters. The number of hydrogen-bond donors (Lipinski definition) is 1. The Balaban J connectivity index is 2.49. The maximum absolute atomic E-state index is 13.2. The van der Waals surface area contributed by atoms with Crippen molar-refractivity contribution in [2.24, 2.45) is 5.73 Å². The van der Waals surface area contributed by atoms with Gasteiger partial charge in [-0.05, 0) is 35.4 Å². The van der Waals surface area contributed by atoms with Crippen molar-refractivity contribution in [2.75, 3.05) is 0 Å². The third-order valence-corrected chi connectivity index (χ3v) is 3.33. The fraction of sp³-hybridized carbons (Fsp3) is 0.0769. The van der Waals surface area contributed by atoms with Gasteiger partial charge in [-0.15, -0.1) is 0 Å². The van der Waals surface area contributed by atoms with Crippen molar-refractivity contribution in [1.82, 2.24) is 0 Å². The van der Waals surface area contributed by atoms with Gasteiger partial charge in [-0.25, -0.2) is 13.2 Å². The second-order valence-electron chi connectivity index (χ2n) is 3.93. The summed E-state index contributed by atoms with van der Waals surface area (Å²) >= 11 is 11.7. The summed E-state index contributed by atoms with van der Waals surface area (Å²) < 4.78 is 39.1. The highest BCUT2D eigenvalue weighted by atomic mass is 35.5. The average Bonchev–Trinajstić information content (AvgIpc) is 2.33. The number of nitrogens with two attached hydrogens (primary N) is 1. The summed E-state index contributed by atoms with van der Waals surface area (Å²) in [7, 11) is 0. The van der Waals surface area contributed by atoms with E-state index in [2.05, 4.69) is 0 Å². The van der Waals surface area contributed by atoms with Crippen molar-refractivity contribution in [2.45, 2.75) is 6.04 Å². The third-order valence-electron chi connectivity index (χ3n) is 2.67. The summed E-state index contributed by atoms with van der Waals surface area (Å²) in [5, 5.41) is 0.0695. The van der Waals surface area contributed by atoms with Crippen LogP contribution in [0.1, 0.15) is 17.2 Å². The first kappa shape index (κ1) is 14.2. The van der Waals surface area contributed by atoms with E-state index in [1.54, 1.807) is 0 Å². The maximum atomic E-state index is 13.2. The molecule has 2 rings (SSSR count). The van der Waals surface area contributed by atoms with E-state index < -0.39 is 23.5 Å². The van der Waals surface area contributed by atoms with Crippen LogP contribution in [-0.2, 0) is 0 Å². The standard InChI is InChI=1S/C13H8Cl2F3N/c14-9-3-6(16)1-2-7(9)13(19)8-4-11(17)12(18)5-10(8)15/h1-5,13H,19H2. The molecule has 100 valence electrons. The molecule has 0 bridgehead atoms. The molecule has 1 unspecified atom stereocenters. The molecule has 6 heteroatoms. The van der Waals surface area contributed by atoms with E-state index in [0.717, 1.165) is 18.2 Å². The van der Waals surface area contributed by atoms with E-state index in [1.807, 2.05) is 0 Å². The van der Waals surface area contributed by atoms with Gasteiger partial charge in [0, 0.05) is 10.0 Å². The molecule has 0 aliphatic heterocycles. The SMILES string of the molecule is NC(c1ccc(F)cc1Cl)c1cc(F)c(F)cc1Cl. The van der Waals surface area contributed by atoms with Crippen LogP contribution in [0.25, 0.3) is 0 Å². The molecule has 0 aliphatic rings. The molecule has 0 spiro atoms. The van der Waals surface area contributed by atoms with E-state index >= 15 is 0 Å². The summed E-state index contributed by atoms with van der Waals surface area (Å²) in [6.45, 7) is 0. The van der Waals surface area contributed by atoms with Crippen LogP contribution in [0, 0.1) is 17.5 Å². The molecule has 0 radical (unpaired) electrons. The molecule has 0 heterocycles. The zero-order valence-corrected chi connectivity index (χ0v) is 10.9. The Morgan fingerprint density at radius 1 is 0.842 bits per heavy atom. The van der Waals surface area contributed by atoms with Crippen LogP contribution in [0.2, 0.25) is 10.0 Å². The van der Waals surface area contributed by atoms with Crippen LogP contribution in [0.3, 0.4) is 0 Å². The number of halogens is 5. The van der Waals surface area contributed by atoms with Crippen LogP contribution < -0.4 is 5.73 Å². The Bertz CT molecular complexity index is 632. The first-order chi connectivity index (χ1) is 8.90. The lowest BCUT2D eigenvalue weighted by Gasteiger charge is -2.16. The molecular formula is C13H8Cl2F3N. The minimum Gasteiger partial charge on any atom is -0.320 e. The number of rotatable bonds is 2. The summed E-state index contributed by atoms with van der Waals surface area (Å²) in [6.07, 6.45) is 0. The topological polar surface area (TPSA) is 26.0 Å². The smallest absolute Gasteiger partial charge is 0.160 e. The van der Waals surface area contributed by atoms with Gasteiger partial charge in [0.1, 0.15) is 5.82 Å². The molecule has 0 saturated carbocycles. The van der Waals surface area contributed by atoms with Gasteiger partial charge in [0.05, 0.1) is 6.04 Å². The monoisotopic (exact) mass is 305 g/mol. The van der Waals surface area contributed by atoms with E-state index in [-0.39, 0.29) is 15.6 Å². The fourth-order valence-electron chi connectivity index (χ4n) is 1.70. The average molecular weight is 306 g/mol. The molecule has 0 aromatic heterocycles. The highest BCUT2D eigenvalue weighted by Gasteiger charge is 2.18. The molecule has 1 nitrogen and oxygen atoms in total. The van der Waals surface area contributed by atoms with Crippen molar-refractivity contribution in [3.8, 4) is 0 Å². The van der Waals surface area contributed by atoms with Crippen LogP contribution in [0.4, 0.5) is 13.2 Å². The number of benzene rings is 2. The molecule has 0 saturated heterocycles. The van der Waals surface area contributed by atoms with Gasteiger partial charge < -0.3 is 5.73 Å². The Hall–Kier alpha value is -1.23.